The first-order valence-electron chi connectivity index (χ1n) is 6.28. The minimum absolute atomic E-state index is 0.556. The van der Waals surface area contributed by atoms with Gasteiger partial charge in [0.05, 0.1) is 0 Å². The van der Waals surface area contributed by atoms with Gasteiger partial charge < -0.3 is 5.32 Å². The van der Waals surface area contributed by atoms with E-state index in [2.05, 4.69) is 52.4 Å². The Bertz CT molecular complexity index is 316. The molecule has 0 heterocycles. The number of benzene rings is 1. The Morgan fingerprint density at radius 1 is 1.31 bits per heavy atom. The fourth-order valence-corrected chi connectivity index (χ4v) is 2.30. The van der Waals surface area contributed by atoms with Gasteiger partial charge in [-0.1, -0.05) is 47.8 Å². The molecular weight excluding hydrogens is 262 g/mol. The zero-order valence-corrected chi connectivity index (χ0v) is 11.5. The fourth-order valence-electron chi connectivity index (χ4n) is 2.04. The summed E-state index contributed by atoms with van der Waals surface area (Å²) in [7, 11) is 0. The van der Waals surface area contributed by atoms with Crippen LogP contribution in [0.3, 0.4) is 0 Å². The molecule has 1 aliphatic rings. The first-order chi connectivity index (χ1) is 7.79. The third kappa shape index (κ3) is 3.60. The summed E-state index contributed by atoms with van der Waals surface area (Å²) < 4.78 is 1.16. The molecule has 0 aromatic heterocycles. The van der Waals surface area contributed by atoms with Crippen molar-refractivity contribution in [1.29, 1.82) is 0 Å². The van der Waals surface area contributed by atoms with Crippen LogP contribution in [0.2, 0.25) is 0 Å². The van der Waals surface area contributed by atoms with Gasteiger partial charge in [0, 0.05) is 10.5 Å². The molecule has 0 amide bonds. The average molecular weight is 282 g/mol. The lowest BCUT2D eigenvalue weighted by molar-refractivity contribution is 0.474. The van der Waals surface area contributed by atoms with E-state index in [0.29, 0.717) is 6.04 Å². The highest BCUT2D eigenvalue weighted by molar-refractivity contribution is 9.10. The van der Waals surface area contributed by atoms with Crippen LogP contribution in [0.25, 0.3) is 0 Å². The van der Waals surface area contributed by atoms with E-state index in [0.717, 1.165) is 16.9 Å². The molecule has 88 valence electrons. The van der Waals surface area contributed by atoms with Crippen molar-refractivity contribution >= 4 is 15.9 Å². The second kappa shape index (κ2) is 5.83. The Hall–Kier alpha value is -0.340. The lowest BCUT2D eigenvalue weighted by atomic mass is 10.0. The molecule has 1 aromatic carbocycles. The SMILES string of the molecule is CCCNC(CC1CC1)c1ccc(Br)cc1. The van der Waals surface area contributed by atoms with Crippen molar-refractivity contribution in [2.75, 3.05) is 6.54 Å². The molecule has 2 rings (SSSR count). The summed E-state index contributed by atoms with van der Waals surface area (Å²) in [6, 6.07) is 9.31. The standard InChI is InChI=1S/C14H20BrN/c1-2-9-16-14(10-11-3-4-11)12-5-7-13(15)8-6-12/h5-8,11,14,16H,2-4,9-10H2,1H3. The molecule has 1 fully saturated rings. The van der Waals surface area contributed by atoms with Crippen LogP contribution in [0.5, 0.6) is 0 Å². The topological polar surface area (TPSA) is 12.0 Å². The van der Waals surface area contributed by atoms with Crippen molar-refractivity contribution in [3.8, 4) is 0 Å². The van der Waals surface area contributed by atoms with Crippen molar-refractivity contribution in [3.05, 3.63) is 34.3 Å². The van der Waals surface area contributed by atoms with E-state index in [1.807, 2.05) is 0 Å². The Labute approximate surface area is 107 Å². The quantitative estimate of drug-likeness (QED) is 0.820. The Morgan fingerprint density at radius 2 is 2.00 bits per heavy atom. The molecule has 0 radical (unpaired) electrons. The second-order valence-corrected chi connectivity index (χ2v) is 5.65. The monoisotopic (exact) mass is 281 g/mol. The van der Waals surface area contributed by atoms with Crippen molar-refractivity contribution in [3.63, 3.8) is 0 Å². The van der Waals surface area contributed by atoms with Gasteiger partial charge in [0.25, 0.3) is 0 Å². The van der Waals surface area contributed by atoms with Crippen LogP contribution in [0.4, 0.5) is 0 Å². The molecule has 1 atom stereocenters. The van der Waals surface area contributed by atoms with Crippen LogP contribution >= 0.6 is 15.9 Å². The van der Waals surface area contributed by atoms with E-state index in [-0.39, 0.29) is 0 Å². The van der Waals surface area contributed by atoms with Gasteiger partial charge in [-0.25, -0.2) is 0 Å². The maximum absolute atomic E-state index is 3.66. The molecule has 1 unspecified atom stereocenters. The van der Waals surface area contributed by atoms with Crippen molar-refractivity contribution in [1.82, 2.24) is 5.32 Å². The Kier molecular flexibility index (Phi) is 4.42. The molecule has 1 aliphatic carbocycles. The second-order valence-electron chi connectivity index (χ2n) is 4.74. The molecule has 0 spiro atoms. The van der Waals surface area contributed by atoms with E-state index in [1.54, 1.807) is 0 Å². The maximum Gasteiger partial charge on any atom is 0.0322 e. The van der Waals surface area contributed by atoms with Gasteiger partial charge >= 0.3 is 0 Å². The number of hydrogen-bond donors (Lipinski definition) is 1. The number of hydrogen-bond acceptors (Lipinski definition) is 1. The summed E-state index contributed by atoms with van der Waals surface area (Å²) in [5.74, 6) is 0.970. The average Bonchev–Trinajstić information content (AvgIpc) is 3.09. The van der Waals surface area contributed by atoms with Crippen LogP contribution in [0, 0.1) is 5.92 Å². The molecular formula is C14H20BrN. The minimum Gasteiger partial charge on any atom is -0.310 e. The number of rotatable bonds is 6. The smallest absolute Gasteiger partial charge is 0.0322 e. The minimum atomic E-state index is 0.556. The summed E-state index contributed by atoms with van der Waals surface area (Å²) in [5.41, 5.74) is 1.43. The van der Waals surface area contributed by atoms with Crippen LogP contribution in [0.1, 0.15) is 44.2 Å². The maximum atomic E-state index is 3.66. The van der Waals surface area contributed by atoms with Crippen molar-refractivity contribution in [2.45, 2.75) is 38.6 Å². The van der Waals surface area contributed by atoms with E-state index < -0.39 is 0 Å². The molecule has 1 nitrogen and oxygen atoms in total. The van der Waals surface area contributed by atoms with Crippen LogP contribution in [-0.2, 0) is 0 Å². The van der Waals surface area contributed by atoms with Crippen molar-refractivity contribution in [2.24, 2.45) is 5.92 Å². The Balaban J connectivity index is 2.00. The lowest BCUT2D eigenvalue weighted by Gasteiger charge is -2.18. The van der Waals surface area contributed by atoms with Gasteiger partial charge in [0.15, 0.2) is 0 Å². The zero-order chi connectivity index (χ0) is 11.4. The molecule has 1 saturated carbocycles. The molecule has 0 bridgehead atoms. The Morgan fingerprint density at radius 3 is 2.56 bits per heavy atom. The summed E-state index contributed by atoms with van der Waals surface area (Å²) in [5, 5.41) is 3.66. The number of nitrogens with one attached hydrogen (secondary N) is 1. The highest BCUT2D eigenvalue weighted by atomic mass is 79.9. The van der Waals surface area contributed by atoms with Gasteiger partial charge in [-0.3, -0.25) is 0 Å². The molecule has 1 N–H and O–H groups in total. The van der Waals surface area contributed by atoms with E-state index in [9.17, 15) is 0 Å². The predicted molar refractivity (Wildman–Crippen MR) is 72.5 cm³/mol. The largest absolute Gasteiger partial charge is 0.310 e. The van der Waals surface area contributed by atoms with Gasteiger partial charge in [-0.15, -0.1) is 0 Å². The highest BCUT2D eigenvalue weighted by Gasteiger charge is 2.25. The van der Waals surface area contributed by atoms with E-state index in [1.165, 1.54) is 31.2 Å². The van der Waals surface area contributed by atoms with Gasteiger partial charge in [-0.2, -0.15) is 0 Å². The first kappa shape index (κ1) is 12.1. The summed E-state index contributed by atoms with van der Waals surface area (Å²) in [6.07, 6.45) is 5.38. The molecule has 1 aromatic rings. The van der Waals surface area contributed by atoms with Crippen molar-refractivity contribution < 1.29 is 0 Å². The van der Waals surface area contributed by atoms with E-state index in [4.69, 9.17) is 0 Å². The zero-order valence-electron chi connectivity index (χ0n) is 9.88. The van der Waals surface area contributed by atoms with Gasteiger partial charge in [-0.05, 0) is 43.0 Å². The van der Waals surface area contributed by atoms with Gasteiger partial charge in [0.2, 0.25) is 0 Å². The predicted octanol–water partition coefficient (Wildman–Crippen LogP) is 4.29. The summed E-state index contributed by atoms with van der Waals surface area (Å²) >= 11 is 3.49. The van der Waals surface area contributed by atoms with Gasteiger partial charge in [0.1, 0.15) is 0 Å². The third-order valence-electron chi connectivity index (χ3n) is 3.18. The van der Waals surface area contributed by atoms with E-state index >= 15 is 0 Å². The highest BCUT2D eigenvalue weighted by Crippen LogP contribution is 2.37. The molecule has 2 heteroatoms. The normalized spacial score (nSPS) is 17.4. The summed E-state index contributed by atoms with van der Waals surface area (Å²) in [6.45, 7) is 3.34. The molecule has 0 aliphatic heterocycles. The third-order valence-corrected chi connectivity index (χ3v) is 3.71. The lowest BCUT2D eigenvalue weighted by Crippen LogP contribution is -2.22. The van der Waals surface area contributed by atoms with Crippen LogP contribution in [0.15, 0.2) is 28.7 Å². The molecule has 0 saturated heterocycles. The fraction of sp³-hybridized carbons (Fsp3) is 0.571. The summed E-state index contributed by atoms with van der Waals surface area (Å²) in [4.78, 5) is 0. The molecule has 16 heavy (non-hydrogen) atoms. The number of halogens is 1. The van der Waals surface area contributed by atoms with Crippen LogP contribution in [-0.4, -0.2) is 6.54 Å². The van der Waals surface area contributed by atoms with Crippen LogP contribution < -0.4 is 5.32 Å². The first-order valence-corrected chi connectivity index (χ1v) is 7.07.